The summed E-state index contributed by atoms with van der Waals surface area (Å²) in [6.07, 6.45) is 0. The van der Waals surface area contributed by atoms with Crippen molar-refractivity contribution < 1.29 is 4.79 Å². The number of para-hydroxylation sites is 1. The number of nitrogens with one attached hydrogen (secondary N) is 1. The predicted molar refractivity (Wildman–Crippen MR) is 48.7 cm³/mol. The lowest BCUT2D eigenvalue weighted by atomic mass is 10.3. The summed E-state index contributed by atoms with van der Waals surface area (Å²) in [6.45, 7) is 0. The van der Waals surface area contributed by atoms with Crippen LogP contribution in [0.25, 0.3) is 0 Å². The van der Waals surface area contributed by atoms with Crippen LogP contribution in [-0.4, -0.2) is 11.3 Å². The van der Waals surface area contributed by atoms with E-state index in [4.69, 9.17) is 0 Å². The summed E-state index contributed by atoms with van der Waals surface area (Å²) in [5.74, 6) is -0.258. The predicted octanol–water partition coefficient (Wildman–Crippen LogP) is 1.62. The fourth-order valence-corrected chi connectivity index (χ4v) is 0.752. The molecule has 0 heterocycles. The Hall–Kier alpha value is -1.22. The lowest BCUT2D eigenvalue weighted by Crippen LogP contribution is -2.10. The van der Waals surface area contributed by atoms with E-state index in [1.165, 1.54) is 0 Å². The van der Waals surface area contributed by atoms with E-state index in [-0.39, 0.29) is 5.91 Å². The van der Waals surface area contributed by atoms with Gasteiger partial charge in [-0.3, -0.25) is 4.79 Å². The van der Waals surface area contributed by atoms with E-state index in [1.54, 1.807) is 12.1 Å². The molecule has 0 saturated carbocycles. The van der Waals surface area contributed by atoms with Gasteiger partial charge in [0.05, 0.1) is 5.37 Å². The van der Waals surface area contributed by atoms with Gasteiger partial charge in [-0.15, -0.1) is 0 Å². The molecule has 56 valence electrons. The summed E-state index contributed by atoms with van der Waals surface area (Å²) in [4.78, 5) is 10.7. The number of carbonyl (C=O) groups is 1. The number of benzene rings is 1. The maximum absolute atomic E-state index is 10.7. The normalized spacial score (nSPS) is 8.73. The Morgan fingerprint density at radius 2 is 2.00 bits per heavy atom. The first-order valence-corrected chi connectivity index (χ1v) is 3.61. The molecule has 0 aliphatic heterocycles. The Labute approximate surface area is 70.2 Å². The van der Waals surface area contributed by atoms with Crippen LogP contribution >= 0.6 is 12.2 Å². The number of rotatable bonds is 2. The average molecular weight is 165 g/mol. The fraction of sp³-hybridized carbons (Fsp3) is 0. The number of thiocarbonyl (C=S) groups is 1. The molecular weight excluding hydrogens is 158 g/mol. The smallest absolute Gasteiger partial charge is 0.259 e. The Morgan fingerprint density at radius 1 is 1.36 bits per heavy atom. The zero-order valence-corrected chi connectivity index (χ0v) is 6.60. The maximum atomic E-state index is 10.7. The van der Waals surface area contributed by atoms with Crippen LogP contribution in [0.15, 0.2) is 30.3 Å². The molecule has 0 unspecified atom stereocenters. The summed E-state index contributed by atoms with van der Waals surface area (Å²) in [5, 5.41) is 3.67. The Morgan fingerprint density at radius 3 is 2.55 bits per heavy atom. The minimum Gasteiger partial charge on any atom is -0.322 e. The molecule has 2 nitrogen and oxygen atoms in total. The Bertz CT molecular complexity index is 258. The molecular formula is C8H7NOS. The number of anilines is 1. The monoisotopic (exact) mass is 165 g/mol. The van der Waals surface area contributed by atoms with E-state index in [2.05, 4.69) is 17.5 Å². The molecule has 1 rings (SSSR count). The highest BCUT2D eigenvalue weighted by atomic mass is 32.1. The summed E-state index contributed by atoms with van der Waals surface area (Å²) in [6, 6.07) is 9.18. The zero-order valence-electron chi connectivity index (χ0n) is 5.78. The minimum atomic E-state index is -0.258. The van der Waals surface area contributed by atoms with Crippen LogP contribution in [0.5, 0.6) is 0 Å². The lowest BCUT2D eigenvalue weighted by molar-refractivity contribution is -0.109. The van der Waals surface area contributed by atoms with Gasteiger partial charge < -0.3 is 5.32 Å². The molecule has 0 spiro atoms. The number of amides is 1. The molecule has 1 amide bonds. The second-order valence-electron chi connectivity index (χ2n) is 1.97. The highest BCUT2D eigenvalue weighted by Crippen LogP contribution is 2.03. The molecule has 1 aromatic carbocycles. The fourth-order valence-electron chi connectivity index (χ4n) is 0.693. The molecule has 0 aromatic heterocycles. The SMILES string of the molecule is O=C(C=S)Nc1ccccc1. The molecule has 0 radical (unpaired) electrons. The van der Waals surface area contributed by atoms with Crippen molar-refractivity contribution in [3.63, 3.8) is 0 Å². The quantitative estimate of drug-likeness (QED) is 0.675. The molecule has 0 saturated heterocycles. The van der Waals surface area contributed by atoms with E-state index < -0.39 is 0 Å². The van der Waals surface area contributed by atoms with Crippen molar-refractivity contribution in [3.8, 4) is 0 Å². The van der Waals surface area contributed by atoms with Gasteiger partial charge in [0.1, 0.15) is 0 Å². The highest BCUT2D eigenvalue weighted by molar-refractivity contribution is 7.80. The van der Waals surface area contributed by atoms with Gasteiger partial charge in [-0.2, -0.15) is 0 Å². The first-order valence-electron chi connectivity index (χ1n) is 3.14. The molecule has 3 heteroatoms. The first-order chi connectivity index (χ1) is 5.33. The molecule has 0 fully saturated rings. The van der Waals surface area contributed by atoms with Crippen LogP contribution in [0.4, 0.5) is 5.69 Å². The number of carbonyl (C=O) groups excluding carboxylic acids is 1. The van der Waals surface area contributed by atoms with Crippen molar-refractivity contribution in [1.29, 1.82) is 0 Å². The van der Waals surface area contributed by atoms with Gasteiger partial charge >= 0.3 is 0 Å². The molecule has 1 N–H and O–H groups in total. The standard InChI is InChI=1S/C8H7NOS/c10-8(6-11)9-7-4-2-1-3-5-7/h1-6H,(H,9,10). The maximum Gasteiger partial charge on any atom is 0.259 e. The third-order valence-corrected chi connectivity index (χ3v) is 1.36. The van der Waals surface area contributed by atoms with Crippen LogP contribution in [-0.2, 0) is 4.79 Å². The third kappa shape index (κ3) is 2.47. The van der Waals surface area contributed by atoms with Gasteiger partial charge in [-0.05, 0) is 12.1 Å². The Balaban J connectivity index is 2.65. The van der Waals surface area contributed by atoms with Crippen molar-refractivity contribution in [3.05, 3.63) is 30.3 Å². The Kier molecular flexibility index (Phi) is 2.74. The van der Waals surface area contributed by atoms with Gasteiger partial charge in [-0.25, -0.2) is 0 Å². The largest absolute Gasteiger partial charge is 0.322 e. The number of hydrogen-bond acceptors (Lipinski definition) is 2. The molecule has 0 bridgehead atoms. The van der Waals surface area contributed by atoms with E-state index >= 15 is 0 Å². The highest BCUT2D eigenvalue weighted by Gasteiger charge is 1.93. The second-order valence-corrected chi connectivity index (χ2v) is 2.21. The zero-order chi connectivity index (χ0) is 8.10. The van der Waals surface area contributed by atoms with Gasteiger partial charge in [0.15, 0.2) is 0 Å². The third-order valence-electron chi connectivity index (χ3n) is 1.15. The number of hydrogen-bond donors (Lipinski definition) is 1. The van der Waals surface area contributed by atoms with Crippen molar-refractivity contribution >= 4 is 29.2 Å². The van der Waals surface area contributed by atoms with Gasteiger partial charge in [0.2, 0.25) is 0 Å². The molecule has 0 aliphatic carbocycles. The van der Waals surface area contributed by atoms with Gasteiger partial charge in [0, 0.05) is 5.69 Å². The van der Waals surface area contributed by atoms with E-state index in [1.807, 2.05) is 18.2 Å². The van der Waals surface area contributed by atoms with Crippen molar-refractivity contribution in [2.75, 3.05) is 5.32 Å². The second kappa shape index (κ2) is 3.83. The topological polar surface area (TPSA) is 29.1 Å². The van der Waals surface area contributed by atoms with Gasteiger partial charge in [-0.1, -0.05) is 30.4 Å². The summed E-state index contributed by atoms with van der Waals surface area (Å²) < 4.78 is 0. The van der Waals surface area contributed by atoms with Crippen LogP contribution < -0.4 is 5.32 Å². The average Bonchev–Trinajstić information content (AvgIpc) is 2.06. The van der Waals surface area contributed by atoms with Crippen molar-refractivity contribution in [1.82, 2.24) is 0 Å². The van der Waals surface area contributed by atoms with Crippen LogP contribution in [0.2, 0.25) is 0 Å². The van der Waals surface area contributed by atoms with E-state index in [0.29, 0.717) is 0 Å². The summed E-state index contributed by atoms with van der Waals surface area (Å²) >= 11 is 4.44. The van der Waals surface area contributed by atoms with E-state index in [9.17, 15) is 4.79 Å². The molecule has 0 aliphatic rings. The molecule has 1 aromatic rings. The summed E-state index contributed by atoms with van der Waals surface area (Å²) in [5.41, 5.74) is 0.763. The van der Waals surface area contributed by atoms with Crippen LogP contribution in [0, 0.1) is 0 Å². The molecule has 11 heavy (non-hydrogen) atoms. The van der Waals surface area contributed by atoms with Crippen molar-refractivity contribution in [2.24, 2.45) is 0 Å². The van der Waals surface area contributed by atoms with E-state index in [0.717, 1.165) is 11.1 Å². The minimum absolute atomic E-state index is 0.258. The van der Waals surface area contributed by atoms with Crippen LogP contribution in [0.1, 0.15) is 0 Å². The molecule has 0 atom stereocenters. The van der Waals surface area contributed by atoms with Crippen molar-refractivity contribution in [2.45, 2.75) is 0 Å². The van der Waals surface area contributed by atoms with Crippen LogP contribution in [0.3, 0.4) is 0 Å². The summed E-state index contributed by atoms with van der Waals surface area (Å²) in [7, 11) is 0. The first kappa shape index (κ1) is 7.88. The van der Waals surface area contributed by atoms with Gasteiger partial charge in [0.25, 0.3) is 5.91 Å². The lowest BCUT2D eigenvalue weighted by Gasteiger charge is -1.98.